The molecule has 0 aliphatic heterocycles. The summed E-state index contributed by atoms with van der Waals surface area (Å²) in [4.78, 5) is 0. The molecule has 0 amide bonds. The molecule has 2 nitrogen and oxygen atoms in total. The number of hydrogen-bond acceptors (Lipinski definition) is 2. The standard InChI is InChI=1S/C11H19F4O2/c1-2-5-10(17-11(13,14)15)6-3-4-8-16-9-7-12/h10H,1-9H2. The lowest BCUT2D eigenvalue weighted by Crippen LogP contribution is -2.23. The van der Waals surface area contributed by atoms with Gasteiger partial charge in [0.05, 0.1) is 12.7 Å². The van der Waals surface area contributed by atoms with Gasteiger partial charge in [-0.1, -0.05) is 13.3 Å². The highest BCUT2D eigenvalue weighted by Crippen LogP contribution is 2.23. The van der Waals surface area contributed by atoms with E-state index in [1.165, 1.54) is 0 Å². The molecule has 17 heavy (non-hydrogen) atoms. The molecule has 0 aromatic carbocycles. The summed E-state index contributed by atoms with van der Waals surface area (Å²) in [6, 6.07) is 0. The van der Waals surface area contributed by atoms with Crippen LogP contribution in [-0.2, 0) is 9.47 Å². The average molecular weight is 259 g/mol. The van der Waals surface area contributed by atoms with Crippen molar-refractivity contribution in [3.63, 3.8) is 0 Å². The van der Waals surface area contributed by atoms with E-state index in [9.17, 15) is 17.6 Å². The summed E-state index contributed by atoms with van der Waals surface area (Å²) in [6.07, 6.45) is -3.27. The van der Waals surface area contributed by atoms with Gasteiger partial charge in [0.1, 0.15) is 6.67 Å². The first-order chi connectivity index (χ1) is 7.99. The van der Waals surface area contributed by atoms with Crippen molar-refractivity contribution < 1.29 is 27.0 Å². The largest absolute Gasteiger partial charge is 0.522 e. The number of rotatable bonds is 10. The Morgan fingerprint density at radius 2 is 1.76 bits per heavy atom. The summed E-state index contributed by atoms with van der Waals surface area (Å²) in [7, 11) is 0. The summed E-state index contributed by atoms with van der Waals surface area (Å²) < 4.78 is 56.5. The van der Waals surface area contributed by atoms with Gasteiger partial charge in [-0.2, -0.15) is 0 Å². The van der Waals surface area contributed by atoms with Crippen LogP contribution < -0.4 is 0 Å². The minimum Gasteiger partial charge on any atom is -0.379 e. The van der Waals surface area contributed by atoms with Crippen LogP contribution in [0, 0.1) is 6.92 Å². The van der Waals surface area contributed by atoms with Crippen LogP contribution in [0.15, 0.2) is 0 Å². The first-order valence-corrected chi connectivity index (χ1v) is 5.67. The quantitative estimate of drug-likeness (QED) is 0.440. The van der Waals surface area contributed by atoms with Crippen LogP contribution in [0.1, 0.15) is 32.1 Å². The second-order valence-electron chi connectivity index (χ2n) is 3.62. The second-order valence-corrected chi connectivity index (χ2v) is 3.62. The van der Waals surface area contributed by atoms with Crippen LogP contribution in [0.2, 0.25) is 0 Å². The molecule has 0 heterocycles. The van der Waals surface area contributed by atoms with E-state index < -0.39 is 19.1 Å². The van der Waals surface area contributed by atoms with E-state index in [1.54, 1.807) is 0 Å². The molecule has 0 N–H and O–H groups in total. The van der Waals surface area contributed by atoms with Crippen LogP contribution >= 0.6 is 0 Å². The Hall–Kier alpha value is -0.360. The van der Waals surface area contributed by atoms with Gasteiger partial charge in [0.15, 0.2) is 0 Å². The van der Waals surface area contributed by atoms with Gasteiger partial charge in [-0.3, -0.25) is 4.74 Å². The van der Waals surface area contributed by atoms with Gasteiger partial charge in [0.2, 0.25) is 0 Å². The van der Waals surface area contributed by atoms with Gasteiger partial charge in [-0.05, 0) is 25.7 Å². The maximum Gasteiger partial charge on any atom is 0.522 e. The Labute approximate surface area is 99.3 Å². The fraction of sp³-hybridized carbons (Fsp3) is 0.909. The zero-order chi connectivity index (χ0) is 13.1. The molecule has 1 atom stereocenters. The number of halogens is 4. The minimum absolute atomic E-state index is 0.0430. The van der Waals surface area contributed by atoms with Gasteiger partial charge < -0.3 is 4.74 Å². The van der Waals surface area contributed by atoms with Gasteiger partial charge in [-0.15, -0.1) is 13.2 Å². The van der Waals surface area contributed by atoms with Crippen LogP contribution in [-0.4, -0.2) is 32.4 Å². The molecule has 0 spiro atoms. The highest BCUT2D eigenvalue weighted by atomic mass is 19.4. The third-order valence-corrected chi connectivity index (χ3v) is 2.11. The van der Waals surface area contributed by atoms with Crippen LogP contribution in [0.5, 0.6) is 0 Å². The highest BCUT2D eigenvalue weighted by Gasteiger charge is 2.32. The topological polar surface area (TPSA) is 18.5 Å². The summed E-state index contributed by atoms with van der Waals surface area (Å²) >= 11 is 0. The van der Waals surface area contributed by atoms with Crippen molar-refractivity contribution in [1.29, 1.82) is 0 Å². The predicted molar refractivity (Wildman–Crippen MR) is 56.2 cm³/mol. The van der Waals surface area contributed by atoms with Gasteiger partial charge in [0, 0.05) is 6.61 Å². The molecule has 103 valence electrons. The molecule has 0 rings (SSSR count). The molecule has 0 bridgehead atoms. The lowest BCUT2D eigenvalue weighted by molar-refractivity contribution is -0.343. The normalized spacial score (nSPS) is 13.9. The monoisotopic (exact) mass is 259 g/mol. The lowest BCUT2D eigenvalue weighted by atomic mass is 10.1. The van der Waals surface area contributed by atoms with E-state index in [2.05, 4.69) is 11.7 Å². The Bertz CT molecular complexity index is 173. The molecule has 0 saturated heterocycles. The molecule has 0 aromatic rings. The SMILES string of the molecule is [CH2]CCC(CCCCOCCF)OC(F)(F)F. The molecular weight excluding hydrogens is 240 g/mol. The van der Waals surface area contributed by atoms with Gasteiger partial charge in [0.25, 0.3) is 0 Å². The van der Waals surface area contributed by atoms with Crippen LogP contribution in [0.4, 0.5) is 17.6 Å². The Morgan fingerprint density at radius 3 is 2.29 bits per heavy atom. The molecule has 1 unspecified atom stereocenters. The van der Waals surface area contributed by atoms with E-state index in [0.717, 1.165) is 0 Å². The van der Waals surface area contributed by atoms with Crippen molar-refractivity contribution in [3.05, 3.63) is 6.92 Å². The predicted octanol–water partition coefficient (Wildman–Crippen LogP) is 3.66. The fourth-order valence-electron chi connectivity index (χ4n) is 1.41. The number of alkyl halides is 4. The van der Waals surface area contributed by atoms with Crippen molar-refractivity contribution in [2.24, 2.45) is 0 Å². The smallest absolute Gasteiger partial charge is 0.379 e. The first-order valence-electron chi connectivity index (χ1n) is 5.67. The van der Waals surface area contributed by atoms with Gasteiger partial charge in [-0.25, -0.2) is 4.39 Å². The molecule has 0 aromatic heterocycles. The number of ether oxygens (including phenoxy) is 2. The van der Waals surface area contributed by atoms with Crippen molar-refractivity contribution in [2.45, 2.75) is 44.6 Å². The Morgan fingerprint density at radius 1 is 1.06 bits per heavy atom. The van der Waals surface area contributed by atoms with Crippen molar-refractivity contribution in [1.82, 2.24) is 0 Å². The maximum absolute atomic E-state index is 12.0. The third kappa shape index (κ3) is 11.9. The molecule has 1 radical (unpaired) electrons. The summed E-state index contributed by atoms with van der Waals surface area (Å²) in [5, 5.41) is 0. The average Bonchev–Trinajstić information content (AvgIpc) is 2.21. The first kappa shape index (κ1) is 16.6. The second kappa shape index (κ2) is 9.65. The Balaban J connectivity index is 3.63. The minimum atomic E-state index is -4.59. The lowest BCUT2D eigenvalue weighted by Gasteiger charge is -2.18. The van der Waals surface area contributed by atoms with E-state index in [4.69, 9.17) is 4.74 Å². The Kier molecular flexibility index (Phi) is 9.44. The fourth-order valence-corrected chi connectivity index (χ4v) is 1.41. The molecule has 0 saturated carbocycles. The zero-order valence-corrected chi connectivity index (χ0v) is 9.77. The van der Waals surface area contributed by atoms with Gasteiger partial charge >= 0.3 is 6.36 Å². The zero-order valence-electron chi connectivity index (χ0n) is 9.77. The summed E-state index contributed by atoms with van der Waals surface area (Å²) in [5.74, 6) is 0. The van der Waals surface area contributed by atoms with Crippen molar-refractivity contribution in [2.75, 3.05) is 19.9 Å². The molecular formula is C11H19F4O2. The molecule has 0 aliphatic carbocycles. The summed E-state index contributed by atoms with van der Waals surface area (Å²) in [5.41, 5.74) is 0. The summed E-state index contributed by atoms with van der Waals surface area (Å²) in [6.45, 7) is 3.38. The van der Waals surface area contributed by atoms with Crippen molar-refractivity contribution >= 4 is 0 Å². The van der Waals surface area contributed by atoms with E-state index >= 15 is 0 Å². The number of unbranched alkanes of at least 4 members (excludes halogenated alkanes) is 1. The molecule has 0 fully saturated rings. The molecule has 6 heteroatoms. The van der Waals surface area contributed by atoms with E-state index in [0.29, 0.717) is 32.3 Å². The van der Waals surface area contributed by atoms with Crippen molar-refractivity contribution in [3.8, 4) is 0 Å². The van der Waals surface area contributed by atoms with Crippen LogP contribution in [0.3, 0.4) is 0 Å². The van der Waals surface area contributed by atoms with E-state index in [-0.39, 0.29) is 13.0 Å². The van der Waals surface area contributed by atoms with E-state index in [1.807, 2.05) is 0 Å². The van der Waals surface area contributed by atoms with Crippen LogP contribution in [0.25, 0.3) is 0 Å². The number of hydrogen-bond donors (Lipinski definition) is 0. The highest BCUT2D eigenvalue weighted by molar-refractivity contribution is 4.60. The third-order valence-electron chi connectivity index (χ3n) is 2.11. The molecule has 0 aliphatic rings. The maximum atomic E-state index is 12.0.